The minimum absolute atomic E-state index is 0.0858. The summed E-state index contributed by atoms with van der Waals surface area (Å²) in [6, 6.07) is 11.4. The second-order valence-corrected chi connectivity index (χ2v) is 8.80. The number of carbonyl (C=O) groups excluding carboxylic acids is 2. The van der Waals surface area contributed by atoms with Crippen LogP contribution in [0, 0.1) is 23.1 Å². The lowest BCUT2D eigenvalue weighted by molar-refractivity contribution is -0.150. The molecule has 1 aliphatic heterocycles. The van der Waals surface area contributed by atoms with E-state index >= 15 is 0 Å². The molecule has 8 heteroatoms. The number of aliphatic hydroxyl groups is 1. The molecule has 3 rings (SSSR count). The van der Waals surface area contributed by atoms with Gasteiger partial charge in [0.05, 0.1) is 13.2 Å². The fourth-order valence-corrected chi connectivity index (χ4v) is 4.18. The molecule has 1 saturated heterocycles. The van der Waals surface area contributed by atoms with Crippen molar-refractivity contribution in [3.8, 4) is 23.3 Å². The lowest BCUT2D eigenvalue weighted by Gasteiger charge is -2.33. The summed E-state index contributed by atoms with van der Waals surface area (Å²) in [4.78, 5) is 25.3. The number of carbonyl (C=O) groups is 2. The molecule has 7 nitrogen and oxygen atoms in total. The smallest absolute Gasteiger partial charge is 0.303 e. The van der Waals surface area contributed by atoms with Gasteiger partial charge >= 0.3 is 5.97 Å². The maximum Gasteiger partial charge on any atom is 0.303 e. The number of rotatable bonds is 7. The van der Waals surface area contributed by atoms with Gasteiger partial charge in [-0.3, -0.25) is 9.59 Å². The van der Waals surface area contributed by atoms with E-state index in [1.807, 2.05) is 19.1 Å². The number of hydrogen-bond donors (Lipinski definition) is 1. The van der Waals surface area contributed by atoms with Crippen molar-refractivity contribution in [1.29, 1.82) is 0 Å². The molecule has 0 bridgehead atoms. The van der Waals surface area contributed by atoms with Crippen LogP contribution < -0.4 is 9.47 Å². The summed E-state index contributed by atoms with van der Waals surface area (Å²) in [5.41, 5.74) is 0.923. The highest BCUT2D eigenvalue weighted by atomic mass is 19.1. The van der Waals surface area contributed by atoms with E-state index in [4.69, 9.17) is 14.2 Å². The van der Waals surface area contributed by atoms with Gasteiger partial charge in [-0.25, -0.2) is 4.39 Å². The maximum atomic E-state index is 13.0. The van der Waals surface area contributed by atoms with E-state index in [-0.39, 0.29) is 30.9 Å². The van der Waals surface area contributed by atoms with Crippen molar-refractivity contribution in [2.24, 2.45) is 5.41 Å². The van der Waals surface area contributed by atoms with Gasteiger partial charge in [0.25, 0.3) is 5.91 Å². The maximum absolute atomic E-state index is 13.0. The van der Waals surface area contributed by atoms with Crippen molar-refractivity contribution in [3.05, 3.63) is 59.4 Å². The predicted molar refractivity (Wildman–Crippen MR) is 128 cm³/mol. The number of ether oxygens (including phenoxy) is 3. The molecule has 1 amide bonds. The fourth-order valence-electron chi connectivity index (χ4n) is 4.18. The standard InChI is InChI=1S/C27H30FNO6/c1-18(30)27(3)17-29(26(32)16-35-19(2)31)15-23(27)21-9-12-24(33-4)25(14-21)34-13-5-6-20-7-10-22(28)11-8-20/h7-12,14,18,23,30H,13,15-17H2,1-4H3. The summed E-state index contributed by atoms with van der Waals surface area (Å²) in [6.07, 6.45) is -0.702. The molecule has 1 N–H and O–H groups in total. The van der Waals surface area contributed by atoms with E-state index in [1.165, 1.54) is 26.2 Å². The molecular weight excluding hydrogens is 453 g/mol. The zero-order valence-electron chi connectivity index (χ0n) is 20.3. The summed E-state index contributed by atoms with van der Waals surface area (Å²) in [6.45, 7) is 5.32. The number of likely N-dealkylation sites (tertiary alicyclic amines) is 1. The van der Waals surface area contributed by atoms with Crippen LogP contribution in [-0.2, 0) is 14.3 Å². The predicted octanol–water partition coefficient (Wildman–Crippen LogP) is 3.14. The van der Waals surface area contributed by atoms with Gasteiger partial charge in [-0.2, -0.15) is 0 Å². The highest BCUT2D eigenvalue weighted by molar-refractivity contribution is 5.80. The number of esters is 1. The van der Waals surface area contributed by atoms with Crippen molar-refractivity contribution >= 4 is 11.9 Å². The summed E-state index contributed by atoms with van der Waals surface area (Å²) >= 11 is 0. The SMILES string of the molecule is COc1ccc(C2CN(C(=O)COC(C)=O)CC2(C)C(C)O)cc1OCC#Cc1ccc(F)cc1. The van der Waals surface area contributed by atoms with E-state index in [1.54, 1.807) is 30.0 Å². The third kappa shape index (κ3) is 6.31. The molecule has 186 valence electrons. The Morgan fingerprint density at radius 2 is 1.94 bits per heavy atom. The largest absolute Gasteiger partial charge is 0.493 e. The van der Waals surface area contributed by atoms with Gasteiger partial charge in [0, 0.05) is 36.9 Å². The van der Waals surface area contributed by atoms with Crippen LogP contribution in [0.5, 0.6) is 11.5 Å². The lowest BCUT2D eigenvalue weighted by Crippen LogP contribution is -2.39. The summed E-state index contributed by atoms with van der Waals surface area (Å²) < 4.78 is 29.2. The first-order valence-electron chi connectivity index (χ1n) is 11.3. The van der Waals surface area contributed by atoms with Gasteiger partial charge < -0.3 is 24.2 Å². The third-order valence-corrected chi connectivity index (χ3v) is 6.40. The molecule has 0 aliphatic carbocycles. The molecule has 2 aromatic carbocycles. The van der Waals surface area contributed by atoms with Gasteiger partial charge in [0.1, 0.15) is 12.4 Å². The summed E-state index contributed by atoms with van der Waals surface area (Å²) in [5, 5.41) is 10.6. The molecule has 3 unspecified atom stereocenters. The normalized spacial score (nSPS) is 19.9. The quantitative estimate of drug-likeness (QED) is 0.481. The molecule has 0 spiro atoms. The van der Waals surface area contributed by atoms with Crippen LogP contribution in [0.25, 0.3) is 0 Å². The van der Waals surface area contributed by atoms with Crippen LogP contribution in [0.1, 0.15) is 37.8 Å². The minimum atomic E-state index is -0.702. The Balaban J connectivity index is 1.79. The average molecular weight is 484 g/mol. The average Bonchev–Trinajstić information content (AvgIpc) is 3.20. The fraction of sp³-hybridized carbons (Fsp3) is 0.407. The Kier molecular flexibility index (Phi) is 8.36. The summed E-state index contributed by atoms with van der Waals surface area (Å²) in [5.74, 6) is 5.49. The van der Waals surface area contributed by atoms with E-state index in [9.17, 15) is 19.1 Å². The number of hydrogen-bond acceptors (Lipinski definition) is 6. The first-order valence-corrected chi connectivity index (χ1v) is 11.3. The van der Waals surface area contributed by atoms with Crippen LogP contribution >= 0.6 is 0 Å². The van der Waals surface area contributed by atoms with Crippen molar-refractivity contribution in [2.75, 3.05) is 33.4 Å². The lowest BCUT2D eigenvalue weighted by atomic mass is 9.72. The van der Waals surface area contributed by atoms with Crippen LogP contribution in [0.4, 0.5) is 4.39 Å². The Bertz CT molecular complexity index is 1120. The first-order chi connectivity index (χ1) is 16.6. The van der Waals surface area contributed by atoms with Crippen LogP contribution in [-0.4, -0.2) is 61.4 Å². The van der Waals surface area contributed by atoms with E-state index in [0.717, 1.165) is 5.56 Å². The van der Waals surface area contributed by atoms with Gasteiger partial charge in [-0.1, -0.05) is 24.8 Å². The van der Waals surface area contributed by atoms with Gasteiger partial charge in [-0.05, 0) is 48.9 Å². The molecule has 35 heavy (non-hydrogen) atoms. The van der Waals surface area contributed by atoms with Crippen LogP contribution in [0.15, 0.2) is 42.5 Å². The Hall–Kier alpha value is -3.57. The van der Waals surface area contributed by atoms with Crippen molar-refractivity contribution < 1.29 is 33.3 Å². The number of amides is 1. The van der Waals surface area contributed by atoms with Gasteiger partial charge in [0.15, 0.2) is 18.1 Å². The molecule has 3 atom stereocenters. The minimum Gasteiger partial charge on any atom is -0.493 e. The number of halogens is 1. The number of aliphatic hydroxyl groups excluding tert-OH is 1. The van der Waals surface area contributed by atoms with Crippen molar-refractivity contribution in [2.45, 2.75) is 32.8 Å². The van der Waals surface area contributed by atoms with Crippen LogP contribution in [0.2, 0.25) is 0 Å². The second kappa shape index (κ2) is 11.2. The Morgan fingerprint density at radius 1 is 1.23 bits per heavy atom. The molecular formula is C27H30FNO6. The highest BCUT2D eigenvalue weighted by Crippen LogP contribution is 2.46. The molecule has 1 aliphatic rings. The molecule has 0 aromatic heterocycles. The molecule has 0 radical (unpaired) electrons. The zero-order chi connectivity index (χ0) is 25.6. The van der Waals surface area contributed by atoms with E-state index < -0.39 is 17.5 Å². The third-order valence-electron chi connectivity index (χ3n) is 6.40. The molecule has 1 heterocycles. The van der Waals surface area contributed by atoms with Crippen LogP contribution in [0.3, 0.4) is 0 Å². The number of benzene rings is 2. The zero-order valence-corrected chi connectivity index (χ0v) is 20.3. The van der Waals surface area contributed by atoms with Crippen molar-refractivity contribution in [3.63, 3.8) is 0 Å². The topological polar surface area (TPSA) is 85.3 Å². The number of methoxy groups -OCH3 is 1. The monoisotopic (exact) mass is 483 g/mol. The van der Waals surface area contributed by atoms with E-state index in [2.05, 4.69) is 11.8 Å². The first kappa shape index (κ1) is 26.0. The highest BCUT2D eigenvalue weighted by Gasteiger charge is 2.48. The van der Waals surface area contributed by atoms with E-state index in [0.29, 0.717) is 30.2 Å². The summed E-state index contributed by atoms with van der Waals surface area (Å²) in [7, 11) is 1.54. The molecule has 2 aromatic rings. The Labute approximate surface area is 204 Å². The molecule has 0 saturated carbocycles. The van der Waals surface area contributed by atoms with Gasteiger partial charge in [0.2, 0.25) is 0 Å². The molecule has 1 fully saturated rings. The Morgan fingerprint density at radius 3 is 2.57 bits per heavy atom. The van der Waals surface area contributed by atoms with Crippen molar-refractivity contribution in [1.82, 2.24) is 4.90 Å². The second-order valence-electron chi connectivity index (χ2n) is 8.80. The van der Waals surface area contributed by atoms with Gasteiger partial charge in [-0.15, -0.1) is 0 Å². The number of nitrogens with zero attached hydrogens (tertiary/aromatic N) is 1.